The highest BCUT2D eigenvalue weighted by Gasteiger charge is 2.28. The first-order valence-corrected chi connectivity index (χ1v) is 8.31. The number of rotatable bonds is 3. The SMILES string of the molecule is Cl.O=C(NC1CCN(C(=O)c2ccccc2F)CC1)C1CNCCO1. The van der Waals surface area contributed by atoms with Gasteiger partial charge in [-0.05, 0) is 25.0 Å². The minimum Gasteiger partial charge on any atom is -0.366 e. The Hall–Kier alpha value is -1.70. The highest BCUT2D eigenvalue weighted by Crippen LogP contribution is 2.16. The van der Waals surface area contributed by atoms with Crippen LogP contribution in [0.15, 0.2) is 24.3 Å². The molecule has 6 nitrogen and oxygen atoms in total. The molecular formula is C17H23ClFN3O3. The highest BCUT2D eigenvalue weighted by molar-refractivity contribution is 5.94. The number of morpholine rings is 1. The summed E-state index contributed by atoms with van der Waals surface area (Å²) in [6, 6.07) is 6.03. The van der Waals surface area contributed by atoms with E-state index < -0.39 is 11.9 Å². The molecular weight excluding hydrogens is 349 g/mol. The summed E-state index contributed by atoms with van der Waals surface area (Å²) in [5, 5.41) is 6.11. The third kappa shape index (κ3) is 4.90. The Balaban J connectivity index is 0.00000225. The Bertz CT molecular complexity index is 603. The number of ether oxygens (including phenoxy) is 1. The van der Waals surface area contributed by atoms with E-state index in [9.17, 15) is 14.0 Å². The van der Waals surface area contributed by atoms with Gasteiger partial charge in [0.2, 0.25) is 0 Å². The number of benzene rings is 1. The molecule has 1 unspecified atom stereocenters. The summed E-state index contributed by atoms with van der Waals surface area (Å²) in [5.74, 6) is -0.904. The summed E-state index contributed by atoms with van der Waals surface area (Å²) in [4.78, 5) is 26.1. The summed E-state index contributed by atoms with van der Waals surface area (Å²) in [5.41, 5.74) is 0.0988. The van der Waals surface area contributed by atoms with Gasteiger partial charge in [-0.3, -0.25) is 9.59 Å². The average Bonchev–Trinajstić information content (AvgIpc) is 2.63. The molecule has 8 heteroatoms. The van der Waals surface area contributed by atoms with Crippen molar-refractivity contribution in [2.45, 2.75) is 25.0 Å². The third-order valence-electron chi connectivity index (χ3n) is 4.45. The van der Waals surface area contributed by atoms with Crippen molar-refractivity contribution in [3.8, 4) is 0 Å². The maximum atomic E-state index is 13.7. The fourth-order valence-electron chi connectivity index (χ4n) is 3.06. The lowest BCUT2D eigenvalue weighted by Gasteiger charge is -2.33. The van der Waals surface area contributed by atoms with Crippen molar-refractivity contribution in [1.82, 2.24) is 15.5 Å². The zero-order valence-corrected chi connectivity index (χ0v) is 14.7. The molecule has 0 spiro atoms. The molecule has 2 aliphatic rings. The van der Waals surface area contributed by atoms with Gasteiger partial charge in [-0.15, -0.1) is 12.4 Å². The molecule has 1 aromatic carbocycles. The number of carbonyl (C=O) groups is 2. The van der Waals surface area contributed by atoms with Crippen LogP contribution in [0.5, 0.6) is 0 Å². The van der Waals surface area contributed by atoms with Crippen LogP contribution in [0.25, 0.3) is 0 Å². The van der Waals surface area contributed by atoms with Crippen molar-refractivity contribution in [3.63, 3.8) is 0 Å². The smallest absolute Gasteiger partial charge is 0.256 e. The lowest BCUT2D eigenvalue weighted by Crippen LogP contribution is -2.53. The van der Waals surface area contributed by atoms with Gasteiger partial charge in [0.15, 0.2) is 0 Å². The quantitative estimate of drug-likeness (QED) is 0.830. The van der Waals surface area contributed by atoms with Crippen molar-refractivity contribution in [3.05, 3.63) is 35.6 Å². The molecule has 0 saturated carbocycles. The van der Waals surface area contributed by atoms with Gasteiger partial charge in [-0.2, -0.15) is 0 Å². The Labute approximate surface area is 152 Å². The minimum atomic E-state index is -0.500. The van der Waals surface area contributed by atoms with Crippen LogP contribution in [0.3, 0.4) is 0 Å². The van der Waals surface area contributed by atoms with E-state index in [0.29, 0.717) is 39.1 Å². The van der Waals surface area contributed by atoms with Gasteiger partial charge < -0.3 is 20.3 Å². The van der Waals surface area contributed by atoms with E-state index in [4.69, 9.17) is 4.74 Å². The van der Waals surface area contributed by atoms with Crippen LogP contribution in [0.1, 0.15) is 23.2 Å². The first-order valence-electron chi connectivity index (χ1n) is 8.31. The monoisotopic (exact) mass is 371 g/mol. The van der Waals surface area contributed by atoms with Crippen molar-refractivity contribution in [2.24, 2.45) is 0 Å². The lowest BCUT2D eigenvalue weighted by atomic mass is 10.0. The van der Waals surface area contributed by atoms with Crippen LogP contribution in [-0.4, -0.2) is 61.6 Å². The van der Waals surface area contributed by atoms with Gasteiger partial charge in [-0.25, -0.2) is 4.39 Å². The van der Waals surface area contributed by atoms with E-state index in [1.807, 2.05) is 0 Å². The summed E-state index contributed by atoms with van der Waals surface area (Å²) >= 11 is 0. The van der Waals surface area contributed by atoms with Crippen LogP contribution in [-0.2, 0) is 9.53 Å². The van der Waals surface area contributed by atoms with Gasteiger partial charge in [0.05, 0.1) is 12.2 Å². The maximum absolute atomic E-state index is 13.7. The number of nitrogens with one attached hydrogen (secondary N) is 2. The number of likely N-dealkylation sites (tertiary alicyclic amines) is 1. The van der Waals surface area contributed by atoms with E-state index in [-0.39, 0.29) is 35.8 Å². The maximum Gasteiger partial charge on any atom is 0.256 e. The largest absolute Gasteiger partial charge is 0.366 e. The molecule has 0 aromatic heterocycles. The summed E-state index contributed by atoms with van der Waals surface area (Å²) in [6.07, 6.45) is 0.870. The second-order valence-corrected chi connectivity index (χ2v) is 6.12. The molecule has 2 heterocycles. The van der Waals surface area contributed by atoms with Gasteiger partial charge in [-0.1, -0.05) is 12.1 Å². The fourth-order valence-corrected chi connectivity index (χ4v) is 3.06. The number of hydrogen-bond donors (Lipinski definition) is 2. The number of halogens is 2. The van der Waals surface area contributed by atoms with E-state index in [1.54, 1.807) is 17.0 Å². The fraction of sp³-hybridized carbons (Fsp3) is 0.529. The number of hydrogen-bond acceptors (Lipinski definition) is 4. The zero-order chi connectivity index (χ0) is 16.9. The molecule has 2 N–H and O–H groups in total. The molecule has 1 aromatic rings. The van der Waals surface area contributed by atoms with Gasteiger partial charge in [0.25, 0.3) is 11.8 Å². The van der Waals surface area contributed by atoms with Crippen molar-refractivity contribution in [2.75, 3.05) is 32.8 Å². The standard InChI is InChI=1S/C17H22FN3O3.ClH/c18-14-4-2-1-3-13(14)17(23)21-8-5-12(6-9-21)20-16(22)15-11-19-7-10-24-15;/h1-4,12,15,19H,5-11H2,(H,20,22);1H. The number of carbonyl (C=O) groups excluding carboxylic acids is 2. The topological polar surface area (TPSA) is 70.7 Å². The van der Waals surface area contributed by atoms with E-state index in [2.05, 4.69) is 10.6 Å². The molecule has 1 atom stereocenters. The summed E-state index contributed by atoms with van der Waals surface area (Å²) < 4.78 is 19.2. The number of amides is 2. The molecule has 25 heavy (non-hydrogen) atoms. The second kappa shape index (κ2) is 9.12. The molecule has 2 amide bonds. The third-order valence-corrected chi connectivity index (χ3v) is 4.45. The van der Waals surface area contributed by atoms with Crippen molar-refractivity contribution >= 4 is 24.2 Å². The van der Waals surface area contributed by atoms with Gasteiger partial charge in [0.1, 0.15) is 11.9 Å². The van der Waals surface area contributed by atoms with Crippen LogP contribution in [0.2, 0.25) is 0 Å². The molecule has 2 fully saturated rings. The van der Waals surface area contributed by atoms with Gasteiger partial charge >= 0.3 is 0 Å². The number of piperidine rings is 1. The molecule has 3 rings (SSSR count). The molecule has 138 valence electrons. The second-order valence-electron chi connectivity index (χ2n) is 6.12. The van der Waals surface area contributed by atoms with E-state index in [1.165, 1.54) is 12.1 Å². The molecule has 0 bridgehead atoms. The minimum absolute atomic E-state index is 0. The summed E-state index contributed by atoms with van der Waals surface area (Å²) in [7, 11) is 0. The Morgan fingerprint density at radius 2 is 1.96 bits per heavy atom. The zero-order valence-electron chi connectivity index (χ0n) is 13.9. The van der Waals surface area contributed by atoms with Crippen LogP contribution in [0.4, 0.5) is 4.39 Å². The molecule has 2 saturated heterocycles. The molecule has 0 radical (unpaired) electrons. The normalized spacial score (nSPS) is 21.3. The Morgan fingerprint density at radius 1 is 1.24 bits per heavy atom. The van der Waals surface area contributed by atoms with Crippen molar-refractivity contribution < 1.29 is 18.7 Å². The Morgan fingerprint density at radius 3 is 2.60 bits per heavy atom. The van der Waals surface area contributed by atoms with E-state index >= 15 is 0 Å². The first-order chi connectivity index (χ1) is 11.6. The first kappa shape index (κ1) is 19.6. The van der Waals surface area contributed by atoms with E-state index in [0.717, 1.165) is 6.54 Å². The predicted molar refractivity (Wildman–Crippen MR) is 93.3 cm³/mol. The van der Waals surface area contributed by atoms with Crippen molar-refractivity contribution in [1.29, 1.82) is 0 Å². The molecule has 0 aliphatic carbocycles. The Kier molecular flexibility index (Phi) is 7.16. The predicted octanol–water partition coefficient (Wildman–Crippen LogP) is 0.957. The van der Waals surface area contributed by atoms with Crippen LogP contribution in [0, 0.1) is 5.82 Å². The molecule has 2 aliphatic heterocycles. The summed E-state index contributed by atoms with van der Waals surface area (Å²) in [6.45, 7) is 2.83. The van der Waals surface area contributed by atoms with Crippen LogP contribution >= 0.6 is 12.4 Å². The van der Waals surface area contributed by atoms with Gasteiger partial charge in [0, 0.05) is 32.2 Å². The van der Waals surface area contributed by atoms with Crippen LogP contribution < -0.4 is 10.6 Å². The lowest BCUT2D eigenvalue weighted by molar-refractivity contribution is -0.135. The number of nitrogens with zero attached hydrogens (tertiary/aromatic N) is 1. The average molecular weight is 372 g/mol. The highest BCUT2D eigenvalue weighted by atomic mass is 35.5.